The number of aromatic nitrogens is 5. The van der Waals surface area contributed by atoms with E-state index in [2.05, 4.69) is 68.4 Å². The lowest BCUT2D eigenvalue weighted by molar-refractivity contribution is -0.140. The lowest BCUT2D eigenvalue weighted by atomic mass is 10.0. The second-order valence-corrected chi connectivity index (χ2v) is 10.8. The van der Waals surface area contributed by atoms with E-state index in [1.165, 1.54) is 18.5 Å². The topological polar surface area (TPSA) is 151 Å². The van der Waals surface area contributed by atoms with Crippen LogP contribution in [0.4, 0.5) is 23.8 Å². The number of anilines is 1. The first-order valence-electron chi connectivity index (χ1n) is 13.4. The Bertz CT molecular complexity index is 1610. The number of H-pyrrole nitrogens is 1. The minimum Gasteiger partial charge on any atom is -0.476 e. The zero-order valence-corrected chi connectivity index (χ0v) is 24.9. The Balaban J connectivity index is 1.84. The summed E-state index contributed by atoms with van der Waals surface area (Å²) in [7, 11) is 0. The molecule has 0 spiro atoms. The number of amides is 2. The Kier molecular flexibility index (Phi) is 9.80. The highest BCUT2D eigenvalue weighted by molar-refractivity contribution is 7.13. The minimum absolute atomic E-state index is 0.0251. The van der Waals surface area contributed by atoms with Gasteiger partial charge in [-0.2, -0.15) is 13.2 Å². The van der Waals surface area contributed by atoms with Crippen molar-refractivity contribution < 1.29 is 27.1 Å². The Morgan fingerprint density at radius 1 is 1.12 bits per heavy atom. The predicted octanol–water partition coefficient (Wildman–Crippen LogP) is 5.27. The summed E-state index contributed by atoms with van der Waals surface area (Å²) in [5.74, 6) is -0.573. The average molecular weight is 621 g/mol. The van der Waals surface area contributed by atoms with Gasteiger partial charge in [0.15, 0.2) is 5.69 Å². The van der Waals surface area contributed by atoms with Crippen molar-refractivity contribution in [3.63, 3.8) is 0 Å². The Labute approximate surface area is 248 Å². The van der Waals surface area contributed by atoms with Crippen LogP contribution in [0.15, 0.2) is 39.1 Å². The third-order valence-corrected chi connectivity index (χ3v) is 7.12. The van der Waals surface area contributed by atoms with E-state index < -0.39 is 23.7 Å². The van der Waals surface area contributed by atoms with Gasteiger partial charge in [-0.15, -0.1) is 16.4 Å². The van der Waals surface area contributed by atoms with Gasteiger partial charge in [-0.05, 0) is 46.8 Å². The molecule has 2 amide bonds. The summed E-state index contributed by atoms with van der Waals surface area (Å²) in [6.45, 7) is 11.2. The van der Waals surface area contributed by atoms with Crippen LogP contribution in [0.5, 0.6) is 5.88 Å². The van der Waals surface area contributed by atoms with E-state index in [1.807, 2.05) is 0 Å². The molecule has 4 rings (SSSR count). The summed E-state index contributed by atoms with van der Waals surface area (Å²) < 4.78 is 51.7. The van der Waals surface area contributed by atoms with Crippen molar-refractivity contribution in [1.82, 2.24) is 35.4 Å². The molecule has 12 nitrogen and oxygen atoms in total. The highest BCUT2D eigenvalue weighted by Gasteiger charge is 2.34. The van der Waals surface area contributed by atoms with Crippen molar-refractivity contribution >= 4 is 23.2 Å². The van der Waals surface area contributed by atoms with Crippen molar-refractivity contribution in [3.05, 3.63) is 46.2 Å². The number of hydrogen-bond donors (Lipinski definition) is 3. The van der Waals surface area contributed by atoms with Gasteiger partial charge in [0.25, 0.3) is 5.89 Å². The number of nitrogens with zero attached hydrogens (tertiary/aromatic N) is 5. The van der Waals surface area contributed by atoms with Crippen LogP contribution in [0.1, 0.15) is 40.3 Å². The fraction of sp³-hybridized carbons (Fsp3) is 0.407. The van der Waals surface area contributed by atoms with Gasteiger partial charge in [-0.1, -0.05) is 0 Å². The standard InChI is InChI=1S/C27H31F3N8O4S/c1-6-31-25(39)35-21-10-18(24-34-20(13-43-24)27(28,29)30)19(12-32-21)17-9-16(22-36-37-26(40)42-22)11-33-23(17)41-8-7-38(14(2)3)15(4)5/h9-15H,6-8H2,1-5H3,(H,37,40)(H2,31,32,35,39). The third kappa shape index (κ3) is 7.75. The second kappa shape index (κ2) is 13.3. The summed E-state index contributed by atoms with van der Waals surface area (Å²) >= 11 is 0.782. The number of aromatic amines is 1. The molecule has 4 aromatic heterocycles. The predicted molar refractivity (Wildman–Crippen MR) is 155 cm³/mol. The monoisotopic (exact) mass is 620 g/mol. The molecule has 0 saturated heterocycles. The molecule has 0 saturated carbocycles. The van der Waals surface area contributed by atoms with Gasteiger partial charge in [0.05, 0.1) is 5.56 Å². The minimum atomic E-state index is -4.66. The van der Waals surface area contributed by atoms with Gasteiger partial charge in [0.1, 0.15) is 17.4 Å². The van der Waals surface area contributed by atoms with Gasteiger partial charge in [-0.25, -0.2) is 29.6 Å². The highest BCUT2D eigenvalue weighted by atomic mass is 32.1. The van der Waals surface area contributed by atoms with Crippen LogP contribution in [0.25, 0.3) is 33.2 Å². The fourth-order valence-corrected chi connectivity index (χ4v) is 5.21. The number of urea groups is 1. The number of thiazole rings is 1. The molecule has 4 heterocycles. The number of pyridine rings is 2. The summed E-state index contributed by atoms with van der Waals surface area (Å²) in [5.41, 5.74) is 0.131. The molecule has 230 valence electrons. The molecule has 0 bridgehead atoms. The number of halogens is 3. The van der Waals surface area contributed by atoms with E-state index in [1.54, 1.807) is 13.0 Å². The average Bonchev–Trinajstić information content (AvgIpc) is 3.61. The number of carbonyl (C=O) groups excluding carboxylic acids is 1. The van der Waals surface area contributed by atoms with E-state index in [0.29, 0.717) is 29.8 Å². The zero-order valence-electron chi connectivity index (χ0n) is 24.1. The van der Waals surface area contributed by atoms with Gasteiger partial charge in [-0.3, -0.25) is 10.2 Å². The molecule has 0 aliphatic carbocycles. The van der Waals surface area contributed by atoms with Crippen molar-refractivity contribution in [2.45, 2.75) is 52.9 Å². The lowest BCUT2D eigenvalue weighted by Crippen LogP contribution is -2.39. The number of hydrogen-bond acceptors (Lipinski definition) is 10. The van der Waals surface area contributed by atoms with Crippen LogP contribution < -0.4 is 21.1 Å². The molecule has 0 unspecified atom stereocenters. The van der Waals surface area contributed by atoms with E-state index >= 15 is 0 Å². The van der Waals surface area contributed by atoms with Crippen molar-refractivity contribution in [3.8, 4) is 39.0 Å². The van der Waals surface area contributed by atoms with Gasteiger partial charge in [0, 0.05) is 59.6 Å². The van der Waals surface area contributed by atoms with Crippen LogP contribution in [-0.4, -0.2) is 67.9 Å². The second-order valence-electron chi connectivity index (χ2n) is 9.90. The molecule has 43 heavy (non-hydrogen) atoms. The molecular formula is C27H31F3N8O4S. The van der Waals surface area contributed by atoms with Gasteiger partial charge >= 0.3 is 18.0 Å². The molecule has 4 aromatic rings. The van der Waals surface area contributed by atoms with Crippen LogP contribution in [-0.2, 0) is 6.18 Å². The Hall–Kier alpha value is -4.31. The van der Waals surface area contributed by atoms with Crippen LogP contribution >= 0.6 is 11.3 Å². The SMILES string of the molecule is CCNC(=O)Nc1cc(-c2nc(C(F)(F)F)cs2)c(-c2cc(-c3n[nH]c(=O)o3)cnc2OCCN(C(C)C)C(C)C)cn1. The highest BCUT2D eigenvalue weighted by Crippen LogP contribution is 2.41. The molecule has 0 aliphatic rings. The molecule has 0 fully saturated rings. The molecule has 16 heteroatoms. The number of carbonyl (C=O) groups is 1. The first-order chi connectivity index (χ1) is 20.4. The summed E-state index contributed by atoms with van der Waals surface area (Å²) in [6.07, 6.45) is -1.87. The molecule has 3 N–H and O–H groups in total. The van der Waals surface area contributed by atoms with Crippen molar-refractivity contribution in [1.29, 1.82) is 0 Å². The van der Waals surface area contributed by atoms with E-state index in [-0.39, 0.29) is 46.9 Å². The number of nitrogens with one attached hydrogen (secondary N) is 3. The smallest absolute Gasteiger partial charge is 0.434 e. The molecule has 0 radical (unpaired) electrons. The Morgan fingerprint density at radius 2 is 1.86 bits per heavy atom. The normalized spacial score (nSPS) is 11.9. The largest absolute Gasteiger partial charge is 0.476 e. The lowest BCUT2D eigenvalue weighted by Gasteiger charge is -2.30. The van der Waals surface area contributed by atoms with E-state index in [9.17, 15) is 22.8 Å². The van der Waals surface area contributed by atoms with Crippen molar-refractivity contribution in [2.75, 3.05) is 25.0 Å². The van der Waals surface area contributed by atoms with Gasteiger partial charge < -0.3 is 14.5 Å². The molecular weight excluding hydrogens is 589 g/mol. The quantitative estimate of drug-likeness (QED) is 0.204. The maximum atomic E-state index is 13.5. The van der Waals surface area contributed by atoms with E-state index in [0.717, 1.165) is 16.7 Å². The fourth-order valence-electron chi connectivity index (χ4n) is 4.35. The number of rotatable bonds is 11. The first kappa shape index (κ1) is 31.6. The maximum Gasteiger partial charge on any atom is 0.434 e. The zero-order chi connectivity index (χ0) is 31.3. The summed E-state index contributed by atoms with van der Waals surface area (Å²) in [4.78, 5) is 38.6. The number of ether oxygens (including phenoxy) is 1. The Morgan fingerprint density at radius 3 is 2.47 bits per heavy atom. The first-order valence-corrected chi connectivity index (χ1v) is 14.3. The van der Waals surface area contributed by atoms with Gasteiger partial charge in [0.2, 0.25) is 5.88 Å². The van der Waals surface area contributed by atoms with Crippen LogP contribution in [0.3, 0.4) is 0 Å². The van der Waals surface area contributed by atoms with Crippen LogP contribution in [0, 0.1) is 0 Å². The molecule has 0 aromatic carbocycles. The maximum absolute atomic E-state index is 13.5. The summed E-state index contributed by atoms with van der Waals surface area (Å²) in [6, 6.07) is 2.99. The van der Waals surface area contributed by atoms with Crippen molar-refractivity contribution in [2.24, 2.45) is 0 Å². The molecule has 0 aliphatic heterocycles. The summed E-state index contributed by atoms with van der Waals surface area (Å²) in [5, 5.41) is 12.1. The van der Waals surface area contributed by atoms with Crippen LogP contribution in [0.2, 0.25) is 0 Å². The number of alkyl halides is 3. The van der Waals surface area contributed by atoms with E-state index in [4.69, 9.17) is 9.15 Å². The molecule has 0 atom stereocenters. The third-order valence-electron chi connectivity index (χ3n) is 6.25.